The minimum Gasteiger partial charge on any atom is -0.114 e. The van der Waals surface area contributed by atoms with Gasteiger partial charge < -0.3 is 0 Å². The summed E-state index contributed by atoms with van der Waals surface area (Å²) < 4.78 is 0. The molecule has 4 saturated carbocycles. The third kappa shape index (κ3) is 8.53. The van der Waals surface area contributed by atoms with Gasteiger partial charge in [-0.2, -0.15) is 0 Å². The highest BCUT2D eigenvalue weighted by Gasteiger charge is 2.70. The Labute approximate surface area is 297 Å². The first-order chi connectivity index (χ1) is 19.6. The van der Waals surface area contributed by atoms with Crippen molar-refractivity contribution in [1.29, 1.82) is 0 Å². The molecule has 0 spiro atoms. The van der Waals surface area contributed by atoms with E-state index < -0.39 is 0 Å². The van der Waals surface area contributed by atoms with Crippen LogP contribution in [0.25, 0.3) is 0 Å². The van der Waals surface area contributed by atoms with Crippen molar-refractivity contribution >= 4 is 166 Å². The van der Waals surface area contributed by atoms with Crippen LogP contribution < -0.4 is 0 Å². The lowest BCUT2D eigenvalue weighted by Gasteiger charge is -2.69. The van der Waals surface area contributed by atoms with Crippen LogP contribution in [0.4, 0.5) is 0 Å². The largest absolute Gasteiger partial charge is 0.114 e. The van der Waals surface area contributed by atoms with Crippen LogP contribution in [0.5, 0.6) is 0 Å². The Bertz CT molecular complexity index is 905. The molecule has 4 rings (SSSR count). The Morgan fingerprint density at radius 3 is 1.95 bits per heavy atom. The standard InChI is InChI=1S/C22H58P20/c1-12-6-8-21(34-23)13-7-9-22(40(29)36-25)14(4-5-16(22)20(2,3)11-37(26)41(30)31)17(13)19(39(35-24)42(32)33)18(38(27)28)15(21)10-12/h12-19,34-36H,4-11,23-33H2,1-3H3. The van der Waals surface area contributed by atoms with E-state index in [0.717, 1.165) is 71.0 Å². The summed E-state index contributed by atoms with van der Waals surface area (Å²) in [6.45, 7) is 7.93. The molecule has 27 unspecified atom stereocenters. The molecule has 20 heteroatoms. The van der Waals surface area contributed by atoms with Gasteiger partial charge in [0.15, 0.2) is 0 Å². The van der Waals surface area contributed by atoms with Crippen molar-refractivity contribution in [2.75, 3.05) is 6.16 Å². The summed E-state index contributed by atoms with van der Waals surface area (Å²) in [7, 11) is 39.8. The van der Waals surface area contributed by atoms with Crippen molar-refractivity contribution < 1.29 is 0 Å². The Hall–Kier alpha value is 8.60. The second-order valence-electron chi connectivity index (χ2n) is 13.9. The van der Waals surface area contributed by atoms with E-state index in [4.69, 9.17) is 0 Å². The van der Waals surface area contributed by atoms with E-state index in [1.54, 1.807) is 0 Å². The number of hydrogen-bond acceptors (Lipinski definition) is 0. The second-order valence-corrected chi connectivity index (χ2v) is 66.5. The molecule has 0 nitrogen and oxygen atoms in total. The van der Waals surface area contributed by atoms with Crippen molar-refractivity contribution in [2.24, 2.45) is 40.9 Å². The van der Waals surface area contributed by atoms with E-state index in [1.165, 1.54) is 51.1 Å². The van der Waals surface area contributed by atoms with Crippen LogP contribution in [0.1, 0.15) is 65.7 Å². The molecule has 246 valence electrons. The van der Waals surface area contributed by atoms with Gasteiger partial charge in [0, 0.05) is 5.16 Å². The lowest BCUT2D eigenvalue weighted by molar-refractivity contribution is -0.00448. The third-order valence-corrected chi connectivity index (χ3v) is 69.8. The zero-order valence-corrected chi connectivity index (χ0v) is 46.4. The number of fused-ring (bicyclic) bond motifs is 5. The number of hydrogen-bond donors (Lipinski definition) is 0. The van der Waals surface area contributed by atoms with Crippen LogP contribution in [0.15, 0.2) is 0 Å². The van der Waals surface area contributed by atoms with Gasteiger partial charge in [-0.25, -0.2) is 0 Å². The van der Waals surface area contributed by atoms with E-state index in [1.807, 2.05) is 0 Å². The van der Waals surface area contributed by atoms with Crippen molar-refractivity contribution in [1.82, 2.24) is 0 Å². The molecule has 27 atom stereocenters. The smallest absolute Gasteiger partial charge is 0.00432 e. The fourth-order valence-corrected chi connectivity index (χ4v) is 58.6. The average molecular weight is 942 g/mol. The van der Waals surface area contributed by atoms with Crippen LogP contribution in [0.3, 0.4) is 0 Å². The first-order valence-electron chi connectivity index (χ1n) is 14.8. The summed E-state index contributed by atoms with van der Waals surface area (Å²) in [4.78, 5) is 0. The molecule has 4 aliphatic carbocycles. The van der Waals surface area contributed by atoms with E-state index >= 15 is 0 Å². The summed E-state index contributed by atoms with van der Waals surface area (Å²) in [6.07, 6.45) is 12.0. The van der Waals surface area contributed by atoms with Gasteiger partial charge in [0.25, 0.3) is 0 Å². The average Bonchev–Trinajstić information content (AvgIpc) is 3.34. The molecule has 0 aromatic rings. The zero-order valence-electron chi connectivity index (χ0n) is 25.3. The van der Waals surface area contributed by atoms with Crippen LogP contribution in [-0.4, -0.2) is 27.8 Å². The molecule has 0 bridgehead atoms. The second kappa shape index (κ2) is 18.5. The molecule has 0 heterocycles. The maximum atomic E-state index is 3.58. The molecule has 4 aliphatic rings. The van der Waals surface area contributed by atoms with Crippen LogP contribution in [0, 0.1) is 40.9 Å². The Kier molecular flexibility index (Phi) is 19.1. The topological polar surface area (TPSA) is 0 Å². The lowest BCUT2D eigenvalue weighted by atomic mass is 9.50. The van der Waals surface area contributed by atoms with Crippen LogP contribution >= 0.6 is 166 Å². The first kappa shape index (κ1) is 43.3. The van der Waals surface area contributed by atoms with Gasteiger partial charge in [0.2, 0.25) is 0 Å². The molecule has 0 aromatic carbocycles. The lowest BCUT2D eigenvalue weighted by Crippen LogP contribution is -2.65. The van der Waals surface area contributed by atoms with Gasteiger partial charge in [-0.05, 0) is 130 Å². The highest BCUT2D eigenvalue weighted by molar-refractivity contribution is 8.87. The van der Waals surface area contributed by atoms with Gasteiger partial charge in [-0.3, -0.25) is 0 Å². The first-order valence-corrected chi connectivity index (χ1v) is 47.6. The third-order valence-electron chi connectivity index (χ3n) is 11.7. The summed E-state index contributed by atoms with van der Waals surface area (Å²) in [6, 6.07) is 0. The predicted molar refractivity (Wildman–Crippen MR) is 264 cm³/mol. The molecule has 42 heavy (non-hydrogen) atoms. The molecular formula is C22H58P20. The van der Waals surface area contributed by atoms with Crippen molar-refractivity contribution in [3.05, 3.63) is 0 Å². The molecule has 0 aromatic heterocycles. The zero-order chi connectivity index (χ0) is 31.4. The van der Waals surface area contributed by atoms with E-state index in [9.17, 15) is 0 Å². The minimum absolute atomic E-state index is 0.00234. The van der Waals surface area contributed by atoms with E-state index in [2.05, 4.69) is 119 Å². The Morgan fingerprint density at radius 2 is 1.43 bits per heavy atom. The highest BCUT2D eigenvalue weighted by Crippen LogP contribution is 2.96. The summed E-state index contributed by atoms with van der Waals surface area (Å²) in [5.41, 5.74) is 2.28. The Balaban J connectivity index is 1.91. The van der Waals surface area contributed by atoms with Gasteiger partial charge in [-0.15, -0.1) is 98.2 Å². The van der Waals surface area contributed by atoms with Gasteiger partial charge in [0.05, 0.1) is 0 Å². The minimum atomic E-state index is -0.133. The molecule has 0 saturated heterocycles. The van der Waals surface area contributed by atoms with Gasteiger partial charge in [0.1, 0.15) is 0 Å². The quantitative estimate of drug-likeness (QED) is 0.181. The Morgan fingerprint density at radius 1 is 0.762 bits per heavy atom. The fourth-order valence-electron chi connectivity index (χ4n) is 10.3. The fraction of sp³-hybridized carbons (Fsp3) is 1.00. The molecule has 4 fully saturated rings. The molecule has 0 radical (unpaired) electrons. The van der Waals surface area contributed by atoms with E-state index in [-0.39, 0.29) is 43.2 Å². The SMILES string of the molecule is CC1CCC2(PP)C3CCC4(P(P)PP)C(CCC4C(C)(C)CP(P)P(P)P)C3C(P(PP)P(P)P)C(P(P)P)C2C1. The molecular weight excluding hydrogens is 884 g/mol. The van der Waals surface area contributed by atoms with Crippen LogP contribution in [-0.2, 0) is 0 Å². The number of rotatable bonds is 11. The monoisotopic (exact) mass is 942 g/mol. The van der Waals surface area contributed by atoms with Crippen molar-refractivity contribution in [3.63, 3.8) is 0 Å². The van der Waals surface area contributed by atoms with Crippen molar-refractivity contribution in [2.45, 2.75) is 87.3 Å². The summed E-state index contributed by atoms with van der Waals surface area (Å²) in [5, 5.41) is 1.14. The van der Waals surface area contributed by atoms with Crippen molar-refractivity contribution in [3.8, 4) is 0 Å². The van der Waals surface area contributed by atoms with E-state index in [0.29, 0.717) is 15.7 Å². The van der Waals surface area contributed by atoms with Crippen LogP contribution in [0.2, 0.25) is 0 Å². The molecule has 0 aliphatic heterocycles. The molecule has 0 N–H and O–H groups in total. The maximum Gasteiger partial charge on any atom is 0.00432 e. The summed E-state index contributed by atoms with van der Waals surface area (Å²) >= 11 is 0. The van der Waals surface area contributed by atoms with Gasteiger partial charge in [-0.1, -0.05) is 66.9 Å². The summed E-state index contributed by atoms with van der Waals surface area (Å²) in [5.74, 6) is 5.57. The maximum absolute atomic E-state index is 3.58. The molecule has 0 amide bonds. The normalized spacial score (nSPS) is 43.6. The van der Waals surface area contributed by atoms with Gasteiger partial charge >= 0.3 is 0 Å². The highest BCUT2D eigenvalue weighted by atomic mass is 32.9. The predicted octanol–water partition coefficient (Wildman–Crippen LogP) is 15.0.